The van der Waals surface area contributed by atoms with Crippen LogP contribution in [0.2, 0.25) is 0 Å². The molecule has 1 aromatic carbocycles. The third kappa shape index (κ3) is 5.16. The number of benzene rings is 1. The summed E-state index contributed by atoms with van der Waals surface area (Å²) in [5.74, 6) is 0.817. The van der Waals surface area contributed by atoms with Crippen molar-refractivity contribution in [3.05, 3.63) is 77.9 Å². The Labute approximate surface area is 246 Å². The summed E-state index contributed by atoms with van der Waals surface area (Å²) in [6, 6.07) is 9.09. The molecule has 0 saturated carbocycles. The molecule has 0 bridgehead atoms. The van der Waals surface area contributed by atoms with Gasteiger partial charge in [0.2, 0.25) is 0 Å². The fourth-order valence-electron chi connectivity index (χ4n) is 6.39. The lowest BCUT2D eigenvalue weighted by molar-refractivity contribution is 0.119. The molecule has 4 aromatic heterocycles. The summed E-state index contributed by atoms with van der Waals surface area (Å²) in [6.07, 6.45) is 14.8. The van der Waals surface area contributed by atoms with Crippen LogP contribution in [-0.4, -0.2) is 77.6 Å². The van der Waals surface area contributed by atoms with Crippen molar-refractivity contribution in [2.75, 3.05) is 33.4 Å². The van der Waals surface area contributed by atoms with Crippen molar-refractivity contribution in [3.63, 3.8) is 0 Å². The maximum Gasteiger partial charge on any atom is 0.133 e. The lowest BCUT2D eigenvalue weighted by Gasteiger charge is -2.31. The van der Waals surface area contributed by atoms with Gasteiger partial charge in [0.25, 0.3) is 0 Å². The SMILES string of the molecule is COCCN1CCC(n2cc(Cc3ncc4c(n3)-c3c(nn(C)c3-c3ccc(-c5cnn(C)c5)cc3)CC4)cn2)CC1. The topological polar surface area (TPSA) is 91.7 Å². The molecule has 1 fully saturated rings. The van der Waals surface area contributed by atoms with Crippen molar-refractivity contribution < 1.29 is 4.74 Å². The van der Waals surface area contributed by atoms with Gasteiger partial charge in [-0.15, -0.1) is 0 Å². The van der Waals surface area contributed by atoms with Crippen LogP contribution in [0.1, 0.15) is 41.5 Å². The van der Waals surface area contributed by atoms with E-state index in [2.05, 4.69) is 45.1 Å². The molecular weight excluding hydrogens is 526 g/mol. The molecule has 5 heterocycles. The summed E-state index contributed by atoms with van der Waals surface area (Å²) >= 11 is 0. The maximum absolute atomic E-state index is 5.24. The average molecular weight is 564 g/mol. The van der Waals surface area contributed by atoms with Crippen molar-refractivity contribution >= 4 is 0 Å². The Kier molecular flexibility index (Phi) is 7.17. The van der Waals surface area contributed by atoms with Gasteiger partial charge in [0.15, 0.2) is 0 Å². The highest BCUT2D eigenvalue weighted by Gasteiger charge is 2.27. The van der Waals surface area contributed by atoms with E-state index >= 15 is 0 Å². The van der Waals surface area contributed by atoms with Crippen LogP contribution in [-0.2, 0) is 38.1 Å². The fraction of sp³-hybridized carbons (Fsp3) is 0.406. The first-order chi connectivity index (χ1) is 20.6. The van der Waals surface area contributed by atoms with E-state index < -0.39 is 0 Å². The monoisotopic (exact) mass is 563 g/mol. The first-order valence-electron chi connectivity index (χ1n) is 14.8. The van der Waals surface area contributed by atoms with Gasteiger partial charge < -0.3 is 9.64 Å². The Hall–Kier alpha value is -4.15. The Morgan fingerprint density at radius 3 is 2.48 bits per heavy atom. The number of nitrogens with zero attached hydrogens (tertiary/aromatic N) is 9. The van der Waals surface area contributed by atoms with E-state index in [0.717, 1.165) is 103 Å². The number of ether oxygens (including phenoxy) is 1. The quantitative estimate of drug-likeness (QED) is 0.281. The van der Waals surface area contributed by atoms with E-state index in [1.54, 1.807) is 7.11 Å². The predicted molar refractivity (Wildman–Crippen MR) is 161 cm³/mol. The third-order valence-electron chi connectivity index (χ3n) is 8.66. The van der Waals surface area contributed by atoms with E-state index in [9.17, 15) is 0 Å². The molecule has 0 radical (unpaired) electrons. The minimum absolute atomic E-state index is 0.437. The highest BCUT2D eigenvalue weighted by molar-refractivity contribution is 5.84. The summed E-state index contributed by atoms with van der Waals surface area (Å²) in [4.78, 5) is 12.4. The number of aromatic nitrogens is 8. The zero-order valence-electron chi connectivity index (χ0n) is 24.6. The van der Waals surface area contributed by atoms with Crippen LogP contribution in [0.15, 0.2) is 55.2 Å². The molecule has 10 heteroatoms. The molecule has 216 valence electrons. The summed E-state index contributed by atoms with van der Waals surface area (Å²) in [5, 5.41) is 14.0. The van der Waals surface area contributed by atoms with E-state index in [0.29, 0.717) is 12.5 Å². The number of rotatable bonds is 8. The Morgan fingerprint density at radius 1 is 0.905 bits per heavy atom. The zero-order chi connectivity index (χ0) is 28.6. The van der Waals surface area contributed by atoms with Crippen LogP contribution in [0.3, 0.4) is 0 Å². The van der Waals surface area contributed by atoms with E-state index in [1.807, 2.05) is 48.2 Å². The molecule has 42 heavy (non-hydrogen) atoms. The molecule has 5 aromatic rings. The maximum atomic E-state index is 5.24. The number of methoxy groups -OCH3 is 1. The summed E-state index contributed by atoms with van der Waals surface area (Å²) in [5.41, 5.74) is 10.0. The summed E-state index contributed by atoms with van der Waals surface area (Å²) < 4.78 is 11.2. The van der Waals surface area contributed by atoms with E-state index in [-0.39, 0.29) is 0 Å². The van der Waals surface area contributed by atoms with Crippen LogP contribution in [0, 0.1) is 0 Å². The second kappa shape index (κ2) is 11.3. The van der Waals surface area contributed by atoms with Crippen LogP contribution >= 0.6 is 0 Å². The van der Waals surface area contributed by atoms with Gasteiger partial charge in [-0.3, -0.25) is 14.0 Å². The lowest BCUT2D eigenvalue weighted by atomic mass is 9.91. The fourth-order valence-corrected chi connectivity index (χ4v) is 6.39. The summed E-state index contributed by atoms with van der Waals surface area (Å²) in [6.45, 7) is 3.95. The average Bonchev–Trinajstić information content (AvgIpc) is 3.75. The molecule has 1 saturated heterocycles. The van der Waals surface area contributed by atoms with E-state index in [4.69, 9.17) is 24.9 Å². The molecule has 10 nitrogen and oxygen atoms in total. The van der Waals surface area contributed by atoms with Crippen molar-refractivity contribution in [2.24, 2.45) is 14.1 Å². The molecule has 0 unspecified atom stereocenters. The van der Waals surface area contributed by atoms with Crippen LogP contribution in [0.4, 0.5) is 0 Å². The molecule has 1 aliphatic carbocycles. The number of likely N-dealkylation sites (tertiary alicyclic amines) is 1. The molecule has 0 N–H and O–H groups in total. The van der Waals surface area contributed by atoms with Gasteiger partial charge in [0.1, 0.15) is 5.82 Å². The molecular formula is C32H37N9O. The smallest absolute Gasteiger partial charge is 0.133 e. The van der Waals surface area contributed by atoms with Crippen LogP contribution in [0.25, 0.3) is 33.6 Å². The molecule has 0 spiro atoms. The van der Waals surface area contributed by atoms with Crippen molar-refractivity contribution in [3.8, 4) is 33.6 Å². The number of piperidine rings is 1. The highest BCUT2D eigenvalue weighted by atomic mass is 16.5. The first-order valence-corrected chi connectivity index (χ1v) is 14.8. The van der Waals surface area contributed by atoms with Gasteiger partial charge in [-0.1, -0.05) is 24.3 Å². The van der Waals surface area contributed by atoms with Gasteiger partial charge >= 0.3 is 0 Å². The Balaban J connectivity index is 1.12. The van der Waals surface area contributed by atoms with Gasteiger partial charge in [0, 0.05) is 82.5 Å². The normalized spacial score (nSPS) is 15.6. The van der Waals surface area contributed by atoms with Gasteiger partial charge in [-0.2, -0.15) is 15.3 Å². The number of fused-ring (bicyclic) bond motifs is 3. The predicted octanol–water partition coefficient (Wildman–Crippen LogP) is 4.11. The Morgan fingerprint density at radius 2 is 1.71 bits per heavy atom. The second-order valence-corrected chi connectivity index (χ2v) is 11.5. The van der Waals surface area contributed by atoms with Gasteiger partial charge in [-0.25, -0.2) is 9.97 Å². The van der Waals surface area contributed by atoms with Crippen LogP contribution in [0.5, 0.6) is 0 Å². The third-order valence-corrected chi connectivity index (χ3v) is 8.66. The first kappa shape index (κ1) is 26.7. The molecule has 0 amide bonds. The Bertz CT molecular complexity index is 1690. The van der Waals surface area contributed by atoms with Gasteiger partial charge in [-0.05, 0) is 42.4 Å². The number of aryl methyl sites for hydroxylation is 4. The molecule has 0 atom stereocenters. The van der Waals surface area contributed by atoms with Crippen molar-refractivity contribution in [1.29, 1.82) is 0 Å². The molecule has 7 rings (SSSR count). The minimum Gasteiger partial charge on any atom is -0.383 e. The largest absolute Gasteiger partial charge is 0.383 e. The van der Waals surface area contributed by atoms with Crippen molar-refractivity contribution in [2.45, 2.75) is 38.1 Å². The standard InChI is InChI=1S/C32H37N9O/c1-38-21-26(19-34-38)23-4-6-24(7-5-23)32-30-28(37-39(32)2)9-8-25-18-33-29(36-31(25)30)16-22-17-35-41(20-22)27-10-12-40(13-11-27)14-15-42-3/h4-7,17-21,27H,8-16H2,1-3H3. The number of hydrogen-bond donors (Lipinski definition) is 0. The zero-order valence-corrected chi connectivity index (χ0v) is 24.6. The van der Waals surface area contributed by atoms with Crippen LogP contribution < -0.4 is 0 Å². The van der Waals surface area contributed by atoms with E-state index in [1.165, 1.54) is 5.56 Å². The molecule has 1 aliphatic heterocycles. The second-order valence-electron chi connectivity index (χ2n) is 11.5. The van der Waals surface area contributed by atoms with Crippen molar-refractivity contribution in [1.82, 2.24) is 44.2 Å². The van der Waals surface area contributed by atoms with Gasteiger partial charge in [0.05, 0.1) is 42.1 Å². The minimum atomic E-state index is 0.437. The molecule has 2 aliphatic rings. The lowest BCUT2D eigenvalue weighted by Crippen LogP contribution is -2.36. The summed E-state index contributed by atoms with van der Waals surface area (Å²) in [7, 11) is 5.73. The number of hydrogen-bond acceptors (Lipinski definition) is 7. The highest BCUT2D eigenvalue weighted by Crippen LogP contribution is 2.39.